The van der Waals surface area contributed by atoms with E-state index in [9.17, 15) is 15.0 Å². The molecule has 2 heterocycles. The number of hydrogen-bond donors (Lipinski definition) is 2. The SMILES string of the molecule is COc1ccc2nccc([C@H](O)CC[C@@H]3CCN(CC#Cc4c(C)cc(Cl)cc4Cl)C[C@@H]3C(=O)O)c2c1. The van der Waals surface area contributed by atoms with E-state index in [4.69, 9.17) is 27.9 Å². The van der Waals surface area contributed by atoms with Gasteiger partial charge in [0.2, 0.25) is 0 Å². The lowest BCUT2D eigenvalue weighted by Crippen LogP contribution is -2.44. The largest absolute Gasteiger partial charge is 0.497 e. The number of aliphatic carboxylic acids is 1. The molecule has 6 nitrogen and oxygen atoms in total. The van der Waals surface area contributed by atoms with Crippen molar-refractivity contribution in [2.24, 2.45) is 11.8 Å². The highest BCUT2D eigenvalue weighted by Gasteiger charge is 2.34. The first-order valence-electron chi connectivity index (χ1n) is 12.3. The van der Waals surface area contributed by atoms with Crippen LogP contribution in [0.15, 0.2) is 42.6 Å². The molecule has 0 aliphatic carbocycles. The molecule has 0 unspecified atom stereocenters. The number of hydrogen-bond acceptors (Lipinski definition) is 5. The van der Waals surface area contributed by atoms with Gasteiger partial charge < -0.3 is 14.9 Å². The van der Waals surface area contributed by atoms with E-state index in [-0.39, 0.29) is 5.92 Å². The van der Waals surface area contributed by atoms with Crippen LogP contribution in [0.4, 0.5) is 0 Å². The first kappa shape index (κ1) is 27.2. The third-order valence-corrected chi connectivity index (χ3v) is 7.59. The fourth-order valence-corrected chi connectivity index (χ4v) is 5.67. The summed E-state index contributed by atoms with van der Waals surface area (Å²) in [5, 5.41) is 22.9. The summed E-state index contributed by atoms with van der Waals surface area (Å²) < 4.78 is 5.33. The van der Waals surface area contributed by atoms with Crippen molar-refractivity contribution in [1.82, 2.24) is 9.88 Å². The fourth-order valence-electron chi connectivity index (χ4n) is 5.03. The van der Waals surface area contributed by atoms with Crippen LogP contribution in [0.25, 0.3) is 10.9 Å². The van der Waals surface area contributed by atoms with Gasteiger partial charge in [0, 0.05) is 28.7 Å². The number of benzene rings is 2. The minimum Gasteiger partial charge on any atom is -0.497 e. The molecule has 1 aliphatic heterocycles. The summed E-state index contributed by atoms with van der Waals surface area (Å²) in [6, 6.07) is 10.9. The second kappa shape index (κ2) is 12.1. The van der Waals surface area contributed by atoms with Crippen molar-refractivity contribution >= 4 is 40.1 Å². The van der Waals surface area contributed by atoms with E-state index in [0.717, 1.165) is 40.6 Å². The van der Waals surface area contributed by atoms with Crippen LogP contribution in [0.3, 0.4) is 0 Å². The number of halogens is 2. The van der Waals surface area contributed by atoms with E-state index in [1.807, 2.05) is 37.3 Å². The topological polar surface area (TPSA) is 82.9 Å². The standard InChI is InChI=1S/C29H30Cl2N2O4/c1-18-14-20(30)15-26(31)22(18)4-3-12-33-13-10-19(25(17-33)29(35)36)5-8-28(34)23-9-11-32-27-7-6-21(37-2)16-24(23)27/h6-7,9,11,14-16,19,25,28,34H,5,8,10,12-13,17H2,1-2H3,(H,35,36)/t19-,25+,28-/m1/s1. The van der Waals surface area contributed by atoms with Gasteiger partial charge in [0.25, 0.3) is 0 Å². The van der Waals surface area contributed by atoms with Gasteiger partial charge >= 0.3 is 5.97 Å². The molecule has 194 valence electrons. The van der Waals surface area contributed by atoms with Crippen molar-refractivity contribution in [3.8, 4) is 17.6 Å². The predicted molar refractivity (Wildman–Crippen MR) is 146 cm³/mol. The minimum absolute atomic E-state index is 0.0213. The Morgan fingerprint density at radius 3 is 2.81 bits per heavy atom. The maximum absolute atomic E-state index is 12.1. The van der Waals surface area contributed by atoms with Crippen LogP contribution in [0, 0.1) is 30.6 Å². The van der Waals surface area contributed by atoms with Gasteiger partial charge in [-0.05, 0) is 86.2 Å². The molecule has 0 amide bonds. The molecule has 2 aromatic carbocycles. The summed E-state index contributed by atoms with van der Waals surface area (Å²) in [6.45, 7) is 3.55. The highest BCUT2D eigenvalue weighted by Crippen LogP contribution is 2.33. The van der Waals surface area contributed by atoms with Crippen molar-refractivity contribution in [2.75, 3.05) is 26.7 Å². The zero-order chi connectivity index (χ0) is 26.5. The van der Waals surface area contributed by atoms with Crippen LogP contribution < -0.4 is 4.74 Å². The summed E-state index contributed by atoms with van der Waals surface area (Å²) in [4.78, 5) is 18.6. The summed E-state index contributed by atoms with van der Waals surface area (Å²) >= 11 is 12.3. The molecular weight excluding hydrogens is 511 g/mol. The quantitative estimate of drug-likeness (QED) is 0.371. The van der Waals surface area contributed by atoms with E-state index in [1.165, 1.54) is 0 Å². The fraction of sp³-hybridized carbons (Fsp3) is 0.379. The molecule has 0 bridgehead atoms. The van der Waals surface area contributed by atoms with Gasteiger partial charge in [-0.2, -0.15) is 0 Å². The Labute approximate surface area is 227 Å². The predicted octanol–water partition coefficient (Wildman–Crippen LogP) is 5.75. The van der Waals surface area contributed by atoms with Crippen LogP contribution >= 0.6 is 23.2 Å². The molecule has 0 spiro atoms. The summed E-state index contributed by atoms with van der Waals surface area (Å²) in [6.07, 6.45) is 2.79. The molecule has 4 rings (SSSR count). The zero-order valence-corrected chi connectivity index (χ0v) is 22.4. The van der Waals surface area contributed by atoms with Crippen LogP contribution in [-0.4, -0.2) is 52.8 Å². The van der Waals surface area contributed by atoms with Gasteiger partial charge in [-0.25, -0.2) is 0 Å². The van der Waals surface area contributed by atoms with Crippen LogP contribution in [0.1, 0.15) is 42.1 Å². The monoisotopic (exact) mass is 540 g/mol. The molecule has 3 atom stereocenters. The van der Waals surface area contributed by atoms with E-state index < -0.39 is 18.0 Å². The number of aryl methyl sites for hydroxylation is 1. The molecule has 2 N–H and O–H groups in total. The van der Waals surface area contributed by atoms with Gasteiger partial charge in [0.15, 0.2) is 0 Å². The van der Waals surface area contributed by atoms with Gasteiger partial charge in [0.1, 0.15) is 5.75 Å². The number of fused-ring (bicyclic) bond motifs is 1. The Kier molecular flexibility index (Phi) is 8.94. The number of nitrogens with zero attached hydrogens (tertiary/aromatic N) is 2. The lowest BCUT2D eigenvalue weighted by molar-refractivity contribution is -0.146. The number of rotatable bonds is 7. The number of pyridine rings is 1. The summed E-state index contributed by atoms with van der Waals surface area (Å²) in [5.41, 5.74) is 3.21. The second-order valence-corrected chi connectivity index (χ2v) is 10.3. The number of ether oxygens (including phenoxy) is 1. The number of methoxy groups -OCH3 is 1. The van der Waals surface area contributed by atoms with E-state index in [0.29, 0.717) is 41.7 Å². The van der Waals surface area contributed by atoms with Crippen molar-refractivity contribution in [3.63, 3.8) is 0 Å². The number of carboxylic acids is 1. The first-order chi connectivity index (χ1) is 17.8. The maximum Gasteiger partial charge on any atom is 0.308 e. The zero-order valence-electron chi connectivity index (χ0n) is 20.9. The number of likely N-dealkylation sites (tertiary alicyclic amines) is 1. The Morgan fingerprint density at radius 1 is 1.27 bits per heavy atom. The average Bonchev–Trinajstić information content (AvgIpc) is 2.88. The number of aromatic nitrogens is 1. The number of carboxylic acid groups (broad SMARTS) is 1. The van der Waals surface area contributed by atoms with E-state index in [1.54, 1.807) is 19.4 Å². The van der Waals surface area contributed by atoms with Crippen LogP contribution in [-0.2, 0) is 4.79 Å². The summed E-state index contributed by atoms with van der Waals surface area (Å²) in [5.74, 6) is 5.61. The van der Waals surface area contributed by atoms with Crippen LogP contribution in [0.2, 0.25) is 10.0 Å². The van der Waals surface area contributed by atoms with Gasteiger partial charge in [-0.15, -0.1) is 0 Å². The summed E-state index contributed by atoms with van der Waals surface area (Å²) in [7, 11) is 1.60. The lowest BCUT2D eigenvalue weighted by Gasteiger charge is -2.36. The molecule has 3 aromatic rings. The Morgan fingerprint density at radius 2 is 2.08 bits per heavy atom. The molecule has 1 aromatic heterocycles. The molecule has 1 fully saturated rings. The van der Waals surface area contributed by atoms with E-state index in [2.05, 4.69) is 21.7 Å². The van der Waals surface area contributed by atoms with Gasteiger partial charge in [-0.1, -0.05) is 35.0 Å². The van der Waals surface area contributed by atoms with E-state index >= 15 is 0 Å². The molecule has 0 radical (unpaired) electrons. The molecule has 0 saturated carbocycles. The maximum atomic E-state index is 12.1. The molecular formula is C29H30Cl2N2O4. The molecule has 1 saturated heterocycles. The second-order valence-electron chi connectivity index (χ2n) is 9.49. The number of piperidine rings is 1. The van der Waals surface area contributed by atoms with Crippen LogP contribution in [0.5, 0.6) is 5.75 Å². The van der Waals surface area contributed by atoms with Crippen molar-refractivity contribution in [1.29, 1.82) is 0 Å². The minimum atomic E-state index is -0.812. The Hall–Kier alpha value is -2.82. The number of carbonyl (C=O) groups is 1. The molecule has 8 heteroatoms. The van der Waals surface area contributed by atoms with Crippen molar-refractivity contribution < 1.29 is 19.7 Å². The number of aliphatic hydroxyl groups is 1. The van der Waals surface area contributed by atoms with Crippen molar-refractivity contribution in [3.05, 3.63) is 69.3 Å². The average molecular weight is 541 g/mol. The molecule has 37 heavy (non-hydrogen) atoms. The Bertz CT molecular complexity index is 1330. The smallest absolute Gasteiger partial charge is 0.308 e. The third kappa shape index (κ3) is 6.55. The van der Waals surface area contributed by atoms with Gasteiger partial charge in [-0.3, -0.25) is 14.7 Å². The normalized spacial score (nSPS) is 18.7. The lowest BCUT2D eigenvalue weighted by atomic mass is 9.81. The Balaban J connectivity index is 1.39. The van der Waals surface area contributed by atoms with Crippen molar-refractivity contribution in [2.45, 2.75) is 32.3 Å². The third-order valence-electron chi connectivity index (χ3n) is 7.08. The highest BCUT2D eigenvalue weighted by atomic mass is 35.5. The highest BCUT2D eigenvalue weighted by molar-refractivity contribution is 6.35. The van der Waals surface area contributed by atoms with Gasteiger partial charge in [0.05, 0.1) is 36.2 Å². The number of aliphatic hydroxyl groups excluding tert-OH is 1. The first-order valence-corrected chi connectivity index (χ1v) is 13.0. The molecule has 1 aliphatic rings.